The van der Waals surface area contributed by atoms with E-state index in [2.05, 4.69) is 22.4 Å². The van der Waals surface area contributed by atoms with Gasteiger partial charge >= 0.3 is 0 Å². The summed E-state index contributed by atoms with van der Waals surface area (Å²) >= 11 is 1.44. The number of H-pyrrole nitrogens is 1. The maximum atomic E-state index is 12.2. The number of nitrogens with zero attached hydrogens (tertiary/aromatic N) is 1. The van der Waals surface area contributed by atoms with Crippen molar-refractivity contribution in [2.75, 3.05) is 0 Å². The lowest BCUT2D eigenvalue weighted by Gasteiger charge is -2.12. The summed E-state index contributed by atoms with van der Waals surface area (Å²) in [4.78, 5) is 20.4. The van der Waals surface area contributed by atoms with E-state index in [0.717, 1.165) is 27.7 Å². The Kier molecular flexibility index (Phi) is 5.78. The number of imidazole rings is 1. The molecule has 3 rings (SSSR count). The predicted molar refractivity (Wildman–Crippen MR) is 108 cm³/mol. The van der Waals surface area contributed by atoms with E-state index in [0.29, 0.717) is 0 Å². The van der Waals surface area contributed by atoms with Crippen LogP contribution in [-0.4, -0.2) is 27.2 Å². The van der Waals surface area contributed by atoms with Gasteiger partial charge in [-0.05, 0) is 20.8 Å². The van der Waals surface area contributed by atoms with Gasteiger partial charge in [-0.15, -0.1) is 0 Å². The fourth-order valence-corrected chi connectivity index (χ4v) is 3.46. The number of hydrogen-bond donors (Lipinski definition) is 2. The lowest BCUT2D eigenvalue weighted by Crippen LogP contribution is -2.35. The Labute approximate surface area is 158 Å². The average molecular weight is 366 g/mol. The number of carbonyl (C=O) groups is 1. The van der Waals surface area contributed by atoms with E-state index >= 15 is 0 Å². The monoisotopic (exact) mass is 365 g/mol. The number of amides is 1. The number of aromatic nitrogens is 2. The standard InChI is InChI=1S/C21H23N3OS/c1-14(2)22-20(25)15(3)26-21-23-18(16-10-6-4-7-11-16)19(24-21)17-12-8-5-9-13-17/h4-15H,1-3H3,(H,22,25)(H,23,24). The highest BCUT2D eigenvalue weighted by Gasteiger charge is 2.20. The van der Waals surface area contributed by atoms with Crippen molar-refractivity contribution in [1.82, 2.24) is 15.3 Å². The molecule has 0 aliphatic carbocycles. The minimum atomic E-state index is -0.226. The molecule has 2 aromatic carbocycles. The van der Waals surface area contributed by atoms with Gasteiger partial charge in [0.05, 0.1) is 16.6 Å². The molecular formula is C21H23N3OS. The Morgan fingerprint density at radius 3 is 2.12 bits per heavy atom. The molecule has 0 radical (unpaired) electrons. The van der Waals surface area contributed by atoms with E-state index in [9.17, 15) is 4.79 Å². The van der Waals surface area contributed by atoms with Crippen LogP contribution in [0.2, 0.25) is 0 Å². The zero-order valence-electron chi connectivity index (χ0n) is 15.2. The van der Waals surface area contributed by atoms with E-state index in [1.807, 2.05) is 69.3 Å². The molecule has 5 heteroatoms. The number of aromatic amines is 1. The van der Waals surface area contributed by atoms with E-state index in [-0.39, 0.29) is 17.2 Å². The maximum Gasteiger partial charge on any atom is 0.233 e. The quantitative estimate of drug-likeness (QED) is 0.620. The highest BCUT2D eigenvalue weighted by molar-refractivity contribution is 8.00. The van der Waals surface area contributed by atoms with Crippen molar-refractivity contribution in [3.05, 3.63) is 60.7 Å². The molecular weight excluding hydrogens is 342 g/mol. The number of benzene rings is 2. The second-order valence-corrected chi connectivity index (χ2v) is 7.75. The molecule has 134 valence electrons. The SMILES string of the molecule is CC(C)NC(=O)C(C)Sc1nc(-c2ccccc2)c(-c2ccccc2)[nH]1. The van der Waals surface area contributed by atoms with Crippen LogP contribution < -0.4 is 5.32 Å². The van der Waals surface area contributed by atoms with Crippen molar-refractivity contribution in [3.63, 3.8) is 0 Å². The zero-order valence-corrected chi connectivity index (χ0v) is 16.0. The second kappa shape index (κ2) is 8.23. The molecule has 0 bridgehead atoms. The highest BCUT2D eigenvalue weighted by Crippen LogP contribution is 2.33. The van der Waals surface area contributed by atoms with Crippen LogP contribution in [0.1, 0.15) is 20.8 Å². The third kappa shape index (κ3) is 4.35. The summed E-state index contributed by atoms with van der Waals surface area (Å²) in [6, 6.07) is 20.4. The van der Waals surface area contributed by atoms with Gasteiger partial charge in [-0.1, -0.05) is 72.4 Å². The molecule has 1 heterocycles. The fourth-order valence-electron chi connectivity index (χ4n) is 2.65. The van der Waals surface area contributed by atoms with Crippen LogP contribution in [0.15, 0.2) is 65.8 Å². The topological polar surface area (TPSA) is 57.8 Å². The second-order valence-electron chi connectivity index (χ2n) is 6.42. The van der Waals surface area contributed by atoms with Crippen LogP contribution in [0.5, 0.6) is 0 Å². The van der Waals surface area contributed by atoms with Gasteiger partial charge in [0, 0.05) is 17.2 Å². The van der Waals surface area contributed by atoms with Crippen molar-refractivity contribution >= 4 is 17.7 Å². The number of nitrogens with one attached hydrogen (secondary N) is 2. The molecule has 2 N–H and O–H groups in total. The van der Waals surface area contributed by atoms with Crippen molar-refractivity contribution in [2.45, 2.75) is 37.2 Å². The van der Waals surface area contributed by atoms with Gasteiger partial charge < -0.3 is 10.3 Å². The van der Waals surface area contributed by atoms with Crippen LogP contribution in [0.3, 0.4) is 0 Å². The molecule has 1 unspecified atom stereocenters. The van der Waals surface area contributed by atoms with Crippen LogP contribution >= 0.6 is 11.8 Å². The average Bonchev–Trinajstić information content (AvgIpc) is 3.06. The lowest BCUT2D eigenvalue weighted by molar-refractivity contribution is -0.120. The van der Waals surface area contributed by atoms with E-state index in [4.69, 9.17) is 4.98 Å². The summed E-state index contributed by atoms with van der Waals surface area (Å²) in [5, 5.41) is 3.46. The number of hydrogen-bond acceptors (Lipinski definition) is 3. The van der Waals surface area contributed by atoms with Crippen molar-refractivity contribution in [2.24, 2.45) is 0 Å². The first-order chi connectivity index (χ1) is 12.5. The van der Waals surface area contributed by atoms with Gasteiger partial charge in [-0.25, -0.2) is 4.98 Å². The summed E-state index contributed by atoms with van der Waals surface area (Å²) in [5.74, 6) is 0.0175. The third-order valence-corrected chi connectivity index (χ3v) is 4.86. The van der Waals surface area contributed by atoms with Gasteiger partial charge in [0.2, 0.25) is 5.91 Å². The van der Waals surface area contributed by atoms with Gasteiger partial charge in [0.25, 0.3) is 0 Å². The summed E-state index contributed by atoms with van der Waals surface area (Å²) in [6.07, 6.45) is 0. The van der Waals surface area contributed by atoms with Crippen LogP contribution in [-0.2, 0) is 4.79 Å². The van der Waals surface area contributed by atoms with Crippen molar-refractivity contribution < 1.29 is 4.79 Å². The Bertz CT molecular complexity index is 802. The van der Waals surface area contributed by atoms with Crippen molar-refractivity contribution in [1.29, 1.82) is 0 Å². The predicted octanol–water partition coefficient (Wildman–Crippen LogP) is 4.75. The first-order valence-electron chi connectivity index (χ1n) is 8.72. The zero-order chi connectivity index (χ0) is 18.5. The summed E-state index contributed by atoms with van der Waals surface area (Å²) in [5.41, 5.74) is 3.99. The largest absolute Gasteiger partial charge is 0.353 e. The maximum absolute atomic E-state index is 12.2. The molecule has 3 aromatic rings. The lowest BCUT2D eigenvalue weighted by atomic mass is 10.1. The molecule has 0 fully saturated rings. The minimum absolute atomic E-state index is 0.0175. The van der Waals surface area contributed by atoms with Crippen LogP contribution in [0.25, 0.3) is 22.5 Å². The van der Waals surface area contributed by atoms with Crippen LogP contribution in [0, 0.1) is 0 Å². The summed E-state index contributed by atoms with van der Waals surface area (Å²) in [6.45, 7) is 5.82. The molecule has 1 aromatic heterocycles. The molecule has 0 aliphatic rings. The molecule has 0 aliphatic heterocycles. The first-order valence-corrected chi connectivity index (χ1v) is 9.60. The molecule has 1 atom stereocenters. The Hall–Kier alpha value is -2.53. The van der Waals surface area contributed by atoms with Crippen molar-refractivity contribution in [3.8, 4) is 22.5 Å². The van der Waals surface area contributed by atoms with E-state index in [1.54, 1.807) is 0 Å². The number of thioether (sulfide) groups is 1. The highest BCUT2D eigenvalue weighted by atomic mass is 32.2. The van der Waals surface area contributed by atoms with Crippen LogP contribution in [0.4, 0.5) is 0 Å². The van der Waals surface area contributed by atoms with E-state index in [1.165, 1.54) is 11.8 Å². The van der Waals surface area contributed by atoms with E-state index < -0.39 is 0 Å². The van der Waals surface area contributed by atoms with Gasteiger partial charge in [-0.2, -0.15) is 0 Å². The minimum Gasteiger partial charge on any atom is -0.353 e. The van der Waals surface area contributed by atoms with Gasteiger partial charge in [0.1, 0.15) is 0 Å². The smallest absolute Gasteiger partial charge is 0.233 e. The summed E-state index contributed by atoms with van der Waals surface area (Å²) in [7, 11) is 0. The normalized spacial score (nSPS) is 12.2. The van der Waals surface area contributed by atoms with Gasteiger partial charge in [0.15, 0.2) is 5.16 Å². The first kappa shape index (κ1) is 18.3. The van der Waals surface area contributed by atoms with Gasteiger partial charge in [-0.3, -0.25) is 4.79 Å². The fraction of sp³-hybridized carbons (Fsp3) is 0.238. The Morgan fingerprint density at radius 2 is 1.54 bits per heavy atom. The molecule has 4 nitrogen and oxygen atoms in total. The summed E-state index contributed by atoms with van der Waals surface area (Å²) < 4.78 is 0. The molecule has 0 saturated carbocycles. The molecule has 0 saturated heterocycles. The molecule has 26 heavy (non-hydrogen) atoms. The molecule has 0 spiro atoms. The number of carbonyl (C=O) groups excluding carboxylic acids is 1. The number of rotatable bonds is 6. The Morgan fingerprint density at radius 1 is 0.962 bits per heavy atom. The Balaban J connectivity index is 1.93. The third-order valence-electron chi connectivity index (χ3n) is 3.88. The molecule has 1 amide bonds.